The first-order chi connectivity index (χ1) is 9.50. The van der Waals surface area contributed by atoms with E-state index in [-0.39, 0.29) is 0 Å². The van der Waals surface area contributed by atoms with Crippen LogP contribution >= 0.6 is 0 Å². The van der Waals surface area contributed by atoms with Crippen molar-refractivity contribution < 1.29 is 5.11 Å². The van der Waals surface area contributed by atoms with Crippen LogP contribution in [0.25, 0.3) is 0 Å². The monoisotopic (exact) mass is 277 g/mol. The van der Waals surface area contributed by atoms with Gasteiger partial charge >= 0.3 is 0 Å². The van der Waals surface area contributed by atoms with Gasteiger partial charge in [0.25, 0.3) is 0 Å². The van der Waals surface area contributed by atoms with Crippen LogP contribution in [0.2, 0.25) is 0 Å². The Bertz CT molecular complexity index is 375. The van der Waals surface area contributed by atoms with Gasteiger partial charge in [0.05, 0.1) is 0 Å². The number of nitrogens with one attached hydrogen (secondary N) is 1. The van der Waals surface area contributed by atoms with E-state index in [4.69, 9.17) is 0 Å². The van der Waals surface area contributed by atoms with E-state index in [1.54, 1.807) is 0 Å². The first-order valence-corrected chi connectivity index (χ1v) is 8.00. The molecule has 1 aromatic carbocycles. The van der Waals surface area contributed by atoms with Crippen molar-refractivity contribution in [2.75, 3.05) is 6.54 Å². The van der Waals surface area contributed by atoms with E-state index in [9.17, 15) is 5.11 Å². The van der Waals surface area contributed by atoms with Gasteiger partial charge in [-0.2, -0.15) is 0 Å². The molecule has 0 aliphatic heterocycles. The summed E-state index contributed by atoms with van der Waals surface area (Å²) in [7, 11) is 0. The Hall–Kier alpha value is -1.02. The number of phenols is 1. The maximum Gasteiger partial charge on any atom is 0.121 e. The van der Waals surface area contributed by atoms with Crippen LogP contribution in [0.5, 0.6) is 5.75 Å². The molecule has 114 valence electrons. The predicted molar refractivity (Wildman–Crippen MR) is 87.2 cm³/mol. The number of phenolic OH excluding ortho intramolecular Hbond substituents is 1. The fourth-order valence-corrected chi connectivity index (χ4v) is 2.54. The molecule has 0 spiro atoms. The molecule has 0 heterocycles. The van der Waals surface area contributed by atoms with Gasteiger partial charge in [-0.1, -0.05) is 51.7 Å². The molecule has 2 nitrogen and oxygen atoms in total. The van der Waals surface area contributed by atoms with Gasteiger partial charge in [-0.05, 0) is 49.4 Å². The average Bonchev–Trinajstić information content (AvgIpc) is 2.38. The van der Waals surface area contributed by atoms with Crippen LogP contribution in [-0.2, 0) is 6.54 Å². The lowest BCUT2D eigenvalue weighted by Gasteiger charge is -2.09. The Balaban J connectivity index is 2.13. The number of unbranched alkanes of at least 4 members (excludes halogenated alkanes) is 3. The molecule has 1 aromatic rings. The van der Waals surface area contributed by atoms with E-state index in [1.165, 1.54) is 37.7 Å². The van der Waals surface area contributed by atoms with Crippen molar-refractivity contribution in [3.8, 4) is 5.75 Å². The highest BCUT2D eigenvalue weighted by atomic mass is 16.3. The molecule has 0 fully saturated rings. The molecule has 0 radical (unpaired) electrons. The number of benzene rings is 1. The summed E-state index contributed by atoms with van der Waals surface area (Å²) in [5, 5.41) is 13.2. The first-order valence-electron chi connectivity index (χ1n) is 8.00. The van der Waals surface area contributed by atoms with Gasteiger partial charge in [0.15, 0.2) is 0 Å². The summed E-state index contributed by atoms with van der Waals surface area (Å²) >= 11 is 0. The topological polar surface area (TPSA) is 32.3 Å². The Morgan fingerprint density at radius 3 is 2.20 bits per heavy atom. The van der Waals surface area contributed by atoms with Crippen LogP contribution in [0.1, 0.15) is 62.6 Å². The van der Waals surface area contributed by atoms with Crippen molar-refractivity contribution in [3.05, 3.63) is 28.8 Å². The van der Waals surface area contributed by atoms with Crippen molar-refractivity contribution in [1.82, 2.24) is 5.32 Å². The molecule has 0 amide bonds. The zero-order chi connectivity index (χ0) is 15.0. The maximum absolute atomic E-state index is 9.74. The quantitative estimate of drug-likeness (QED) is 0.641. The normalized spacial score (nSPS) is 11.2. The van der Waals surface area contributed by atoms with E-state index < -0.39 is 0 Å². The SMILES string of the molecule is Cc1cc(CNCCCCCCC(C)C)cc(C)c1O. The molecular weight excluding hydrogens is 246 g/mol. The third-order valence-electron chi connectivity index (χ3n) is 3.76. The van der Waals surface area contributed by atoms with Crippen molar-refractivity contribution in [2.24, 2.45) is 5.92 Å². The second kappa shape index (κ2) is 9.02. The largest absolute Gasteiger partial charge is 0.507 e. The molecule has 0 aliphatic rings. The van der Waals surface area contributed by atoms with Crippen LogP contribution < -0.4 is 5.32 Å². The average molecular weight is 277 g/mol. The van der Waals surface area contributed by atoms with Crippen LogP contribution in [0.15, 0.2) is 12.1 Å². The van der Waals surface area contributed by atoms with E-state index in [2.05, 4.69) is 31.3 Å². The lowest BCUT2D eigenvalue weighted by molar-refractivity contribution is 0.466. The van der Waals surface area contributed by atoms with E-state index >= 15 is 0 Å². The Morgan fingerprint density at radius 2 is 1.60 bits per heavy atom. The second-order valence-corrected chi connectivity index (χ2v) is 6.35. The number of aryl methyl sites for hydroxylation is 2. The zero-order valence-corrected chi connectivity index (χ0v) is 13.6. The van der Waals surface area contributed by atoms with Crippen LogP contribution in [0.3, 0.4) is 0 Å². The number of hydrogen-bond donors (Lipinski definition) is 2. The fraction of sp³-hybridized carbons (Fsp3) is 0.667. The summed E-state index contributed by atoms with van der Waals surface area (Å²) in [6.07, 6.45) is 6.67. The minimum atomic E-state index is 0.430. The smallest absolute Gasteiger partial charge is 0.121 e. The maximum atomic E-state index is 9.74. The summed E-state index contributed by atoms with van der Waals surface area (Å²) in [6, 6.07) is 4.13. The van der Waals surface area contributed by atoms with Gasteiger partial charge in [-0.15, -0.1) is 0 Å². The summed E-state index contributed by atoms with van der Waals surface area (Å²) < 4.78 is 0. The second-order valence-electron chi connectivity index (χ2n) is 6.35. The molecule has 0 bridgehead atoms. The standard InChI is InChI=1S/C18H31NO/c1-14(2)9-7-5-6-8-10-19-13-17-11-15(3)18(20)16(4)12-17/h11-12,14,19-20H,5-10,13H2,1-4H3. The van der Waals surface area contributed by atoms with Crippen molar-refractivity contribution in [3.63, 3.8) is 0 Å². The Morgan fingerprint density at radius 1 is 1.00 bits per heavy atom. The lowest BCUT2D eigenvalue weighted by atomic mass is 10.0. The third-order valence-corrected chi connectivity index (χ3v) is 3.76. The number of aromatic hydroxyl groups is 1. The molecule has 0 aliphatic carbocycles. The van der Waals surface area contributed by atoms with E-state index in [0.29, 0.717) is 5.75 Å². The van der Waals surface area contributed by atoms with Gasteiger partial charge in [-0.3, -0.25) is 0 Å². The molecule has 0 saturated heterocycles. The molecule has 1 rings (SSSR count). The van der Waals surface area contributed by atoms with Crippen LogP contribution in [0.4, 0.5) is 0 Å². The first kappa shape index (κ1) is 17.0. The Labute approximate surface area is 124 Å². The van der Waals surface area contributed by atoms with E-state index in [1.807, 2.05) is 13.8 Å². The summed E-state index contributed by atoms with van der Waals surface area (Å²) in [5.74, 6) is 1.27. The molecule has 0 aromatic heterocycles. The highest BCUT2D eigenvalue weighted by Crippen LogP contribution is 2.22. The lowest BCUT2D eigenvalue weighted by Crippen LogP contribution is -2.14. The van der Waals surface area contributed by atoms with Gasteiger partial charge in [0.2, 0.25) is 0 Å². The van der Waals surface area contributed by atoms with Gasteiger partial charge < -0.3 is 10.4 Å². The molecule has 20 heavy (non-hydrogen) atoms. The summed E-state index contributed by atoms with van der Waals surface area (Å²) in [5.41, 5.74) is 3.20. The number of hydrogen-bond acceptors (Lipinski definition) is 2. The van der Waals surface area contributed by atoms with Crippen LogP contribution in [-0.4, -0.2) is 11.7 Å². The predicted octanol–water partition coefficient (Wildman–Crippen LogP) is 4.71. The zero-order valence-electron chi connectivity index (χ0n) is 13.6. The van der Waals surface area contributed by atoms with Crippen LogP contribution in [0, 0.1) is 19.8 Å². The van der Waals surface area contributed by atoms with Gasteiger partial charge in [-0.25, -0.2) is 0 Å². The molecule has 0 saturated carbocycles. The molecule has 2 N–H and O–H groups in total. The molecule has 0 unspecified atom stereocenters. The van der Waals surface area contributed by atoms with Gasteiger partial charge in [0.1, 0.15) is 5.75 Å². The highest BCUT2D eigenvalue weighted by Gasteiger charge is 2.03. The Kier molecular flexibility index (Phi) is 7.68. The van der Waals surface area contributed by atoms with E-state index in [0.717, 1.165) is 30.1 Å². The minimum absolute atomic E-state index is 0.430. The molecule has 2 heteroatoms. The van der Waals surface area contributed by atoms with Gasteiger partial charge in [0, 0.05) is 6.54 Å². The van der Waals surface area contributed by atoms with Crippen molar-refractivity contribution >= 4 is 0 Å². The number of rotatable bonds is 9. The fourth-order valence-electron chi connectivity index (χ4n) is 2.54. The highest BCUT2D eigenvalue weighted by molar-refractivity contribution is 5.42. The third kappa shape index (κ3) is 6.42. The summed E-state index contributed by atoms with van der Waals surface area (Å²) in [6.45, 7) is 10.5. The molecule has 0 atom stereocenters. The summed E-state index contributed by atoms with van der Waals surface area (Å²) in [4.78, 5) is 0. The van der Waals surface area contributed by atoms with Crippen molar-refractivity contribution in [1.29, 1.82) is 0 Å². The minimum Gasteiger partial charge on any atom is -0.507 e. The molecular formula is C18H31NO. The van der Waals surface area contributed by atoms with Crippen molar-refractivity contribution in [2.45, 2.75) is 66.3 Å².